The summed E-state index contributed by atoms with van der Waals surface area (Å²) in [5, 5.41) is 17.0. The number of carbonyl (C=O) groups excluding carboxylic acids is 1. The van der Waals surface area contributed by atoms with Crippen molar-refractivity contribution in [2.24, 2.45) is 0 Å². The molecule has 0 N–H and O–H groups in total. The van der Waals surface area contributed by atoms with Crippen molar-refractivity contribution in [3.63, 3.8) is 0 Å². The first-order chi connectivity index (χ1) is 13.0. The number of ether oxygens (including phenoxy) is 3. The van der Waals surface area contributed by atoms with Crippen LogP contribution in [0.15, 0.2) is 48.5 Å². The van der Waals surface area contributed by atoms with E-state index in [1.807, 2.05) is 0 Å². The number of fused-ring (bicyclic) bond motifs is 1. The zero-order valence-corrected chi connectivity index (χ0v) is 15.5. The van der Waals surface area contributed by atoms with Gasteiger partial charge in [0, 0.05) is 17.2 Å². The van der Waals surface area contributed by atoms with Crippen LogP contribution in [0, 0.1) is 5.21 Å². The molecule has 1 atom stereocenters. The third kappa shape index (κ3) is 4.57. The summed E-state index contributed by atoms with van der Waals surface area (Å²) in [5.74, 6) is 0.668. The van der Waals surface area contributed by atoms with Crippen LogP contribution in [-0.4, -0.2) is 23.8 Å². The third-order valence-corrected chi connectivity index (χ3v) is 3.88. The molecule has 1 unspecified atom stereocenters. The van der Waals surface area contributed by atoms with E-state index in [0.29, 0.717) is 38.9 Å². The minimum Gasteiger partial charge on any atom is -0.594 e. The number of hydrogen-bond donors (Lipinski definition) is 0. The number of benzene rings is 2. The number of aromatic nitrogens is 2. The van der Waals surface area contributed by atoms with Crippen molar-refractivity contribution in [1.29, 1.82) is 0 Å². The number of carbonyl (C=O) groups is 1. The normalized spacial score (nSPS) is 11.8. The highest BCUT2D eigenvalue weighted by Gasteiger charge is 2.16. The van der Waals surface area contributed by atoms with Gasteiger partial charge in [0.1, 0.15) is 11.5 Å². The van der Waals surface area contributed by atoms with Crippen molar-refractivity contribution in [1.82, 2.24) is 5.10 Å². The number of hydrogen-bond acceptors (Lipinski definition) is 6. The maximum atomic E-state index is 12.0. The van der Waals surface area contributed by atoms with Crippen LogP contribution < -0.4 is 14.3 Å². The molecule has 0 amide bonds. The predicted molar refractivity (Wildman–Crippen MR) is 99.0 cm³/mol. The molecule has 0 saturated heterocycles. The Morgan fingerprint density at radius 2 is 1.89 bits per heavy atom. The Hall–Kier alpha value is -3.06. The number of nitrogens with zero attached hydrogens (tertiary/aromatic N) is 2. The fourth-order valence-electron chi connectivity index (χ4n) is 2.38. The van der Waals surface area contributed by atoms with Crippen LogP contribution in [0.4, 0.5) is 0 Å². The minimum absolute atomic E-state index is 0.147. The standard InChI is InChI=1S/C19H17ClN2O5/c1-3-25-19(23)12(2)26-15-6-8-16(9-7-15)27-18-10-13-4-5-14(20)11-17(13)22(24)21-18/h4-12H,3H2,1-2H3. The van der Waals surface area contributed by atoms with Gasteiger partial charge in [-0.05, 0) is 55.1 Å². The summed E-state index contributed by atoms with van der Waals surface area (Å²) in [6, 6.07) is 13.2. The molecule has 0 aliphatic carbocycles. The molecule has 2 aromatic carbocycles. The first kappa shape index (κ1) is 18.7. The van der Waals surface area contributed by atoms with E-state index in [0.717, 1.165) is 0 Å². The van der Waals surface area contributed by atoms with E-state index in [4.69, 9.17) is 25.8 Å². The zero-order chi connectivity index (χ0) is 19.4. The maximum Gasteiger partial charge on any atom is 0.347 e. The lowest BCUT2D eigenvalue weighted by atomic mass is 10.2. The van der Waals surface area contributed by atoms with E-state index in [9.17, 15) is 10.0 Å². The Labute approximate surface area is 160 Å². The first-order valence-electron chi connectivity index (χ1n) is 8.27. The summed E-state index contributed by atoms with van der Waals surface area (Å²) in [7, 11) is 0. The molecule has 3 rings (SSSR count). The zero-order valence-electron chi connectivity index (χ0n) is 14.7. The van der Waals surface area contributed by atoms with Crippen LogP contribution in [-0.2, 0) is 9.53 Å². The molecule has 0 bridgehead atoms. The van der Waals surface area contributed by atoms with Gasteiger partial charge in [-0.3, -0.25) is 0 Å². The Balaban J connectivity index is 1.72. The molecular formula is C19H17ClN2O5. The Kier molecular flexibility index (Phi) is 5.61. The van der Waals surface area contributed by atoms with Crippen molar-refractivity contribution in [2.75, 3.05) is 6.61 Å². The fraction of sp³-hybridized carbons (Fsp3) is 0.211. The van der Waals surface area contributed by atoms with Crippen LogP contribution in [0.25, 0.3) is 10.9 Å². The van der Waals surface area contributed by atoms with E-state index in [2.05, 4.69) is 5.10 Å². The predicted octanol–water partition coefficient (Wildman–Crippen LogP) is 3.64. The molecule has 0 aliphatic heterocycles. The van der Waals surface area contributed by atoms with Crippen LogP contribution in [0.3, 0.4) is 0 Å². The van der Waals surface area contributed by atoms with Gasteiger partial charge in [0.25, 0.3) is 11.4 Å². The van der Waals surface area contributed by atoms with Gasteiger partial charge in [-0.25, -0.2) is 4.79 Å². The van der Waals surface area contributed by atoms with E-state index in [1.54, 1.807) is 56.3 Å². The molecule has 0 fully saturated rings. The summed E-state index contributed by atoms with van der Waals surface area (Å²) in [5.41, 5.74) is 0.353. The van der Waals surface area contributed by atoms with Crippen LogP contribution in [0.5, 0.6) is 17.4 Å². The highest BCUT2D eigenvalue weighted by molar-refractivity contribution is 6.31. The SMILES string of the molecule is CCOC(=O)C(C)Oc1ccc(Oc2cc3ccc(Cl)cc3[n+]([O-])n2)cc1. The maximum absolute atomic E-state index is 12.0. The van der Waals surface area contributed by atoms with Crippen LogP contribution in [0.1, 0.15) is 13.8 Å². The number of esters is 1. The number of halogens is 1. The second-order valence-electron chi connectivity index (χ2n) is 5.64. The Bertz CT molecular complexity index is 962. The molecule has 1 heterocycles. The first-order valence-corrected chi connectivity index (χ1v) is 8.65. The topological polar surface area (TPSA) is 84.6 Å². The van der Waals surface area contributed by atoms with E-state index in [-0.39, 0.29) is 5.88 Å². The average molecular weight is 389 g/mol. The molecule has 1 aromatic heterocycles. The van der Waals surface area contributed by atoms with Gasteiger partial charge in [0.15, 0.2) is 6.10 Å². The van der Waals surface area contributed by atoms with Crippen LogP contribution >= 0.6 is 11.6 Å². The van der Waals surface area contributed by atoms with E-state index >= 15 is 0 Å². The van der Waals surface area contributed by atoms with Crippen molar-refractivity contribution in [3.05, 3.63) is 58.8 Å². The van der Waals surface area contributed by atoms with Crippen molar-refractivity contribution < 1.29 is 23.9 Å². The van der Waals surface area contributed by atoms with Crippen molar-refractivity contribution in [2.45, 2.75) is 20.0 Å². The fourth-order valence-corrected chi connectivity index (χ4v) is 2.54. The average Bonchev–Trinajstić information content (AvgIpc) is 2.64. The van der Waals surface area contributed by atoms with Gasteiger partial charge >= 0.3 is 5.97 Å². The number of rotatable bonds is 6. The smallest absolute Gasteiger partial charge is 0.347 e. The van der Waals surface area contributed by atoms with Gasteiger partial charge < -0.3 is 19.4 Å². The van der Waals surface area contributed by atoms with Crippen molar-refractivity contribution in [3.8, 4) is 17.4 Å². The molecule has 140 valence electrons. The lowest BCUT2D eigenvalue weighted by Gasteiger charge is -2.13. The van der Waals surface area contributed by atoms with Gasteiger partial charge in [-0.1, -0.05) is 11.6 Å². The summed E-state index contributed by atoms with van der Waals surface area (Å²) in [6.07, 6.45) is -0.717. The van der Waals surface area contributed by atoms with Crippen LogP contribution in [0.2, 0.25) is 5.02 Å². The minimum atomic E-state index is -0.717. The van der Waals surface area contributed by atoms with Gasteiger partial charge in [0.05, 0.1) is 17.1 Å². The van der Waals surface area contributed by atoms with Crippen molar-refractivity contribution >= 4 is 28.5 Å². The molecule has 0 spiro atoms. The monoisotopic (exact) mass is 388 g/mol. The van der Waals surface area contributed by atoms with Gasteiger partial charge in [-0.15, -0.1) is 0 Å². The molecule has 27 heavy (non-hydrogen) atoms. The summed E-state index contributed by atoms with van der Waals surface area (Å²) in [6.45, 7) is 3.64. The Morgan fingerprint density at radius 3 is 2.59 bits per heavy atom. The van der Waals surface area contributed by atoms with E-state index < -0.39 is 12.1 Å². The van der Waals surface area contributed by atoms with Gasteiger partial charge in [0.2, 0.25) is 0 Å². The molecule has 0 saturated carbocycles. The second-order valence-corrected chi connectivity index (χ2v) is 6.08. The lowest BCUT2D eigenvalue weighted by Crippen LogP contribution is -2.31. The molecule has 3 aromatic rings. The summed E-state index contributed by atoms with van der Waals surface area (Å²) < 4.78 is 16.0. The molecule has 7 nitrogen and oxygen atoms in total. The molecule has 0 aliphatic rings. The summed E-state index contributed by atoms with van der Waals surface area (Å²) in [4.78, 5) is 12.1. The summed E-state index contributed by atoms with van der Waals surface area (Å²) >= 11 is 5.90. The molecule has 8 heteroatoms. The second kappa shape index (κ2) is 8.09. The quantitative estimate of drug-likeness (QED) is 0.364. The van der Waals surface area contributed by atoms with E-state index in [1.165, 1.54) is 6.07 Å². The lowest BCUT2D eigenvalue weighted by molar-refractivity contribution is -0.643. The highest BCUT2D eigenvalue weighted by atomic mass is 35.5. The Morgan fingerprint density at radius 1 is 1.19 bits per heavy atom. The third-order valence-electron chi connectivity index (χ3n) is 3.64. The highest BCUT2D eigenvalue weighted by Crippen LogP contribution is 2.25. The molecule has 0 radical (unpaired) electrons. The largest absolute Gasteiger partial charge is 0.594 e. The van der Waals surface area contributed by atoms with Gasteiger partial charge in [-0.2, -0.15) is 0 Å². The molecular weight excluding hydrogens is 372 g/mol.